The SMILES string of the molecule is C=CCN(CCCC)C(=O)C1N(CCCCO)C(=O)[C@@H]2[C@@H](C(=O)N(CC=C)c3ccccc3)[C@H]3CCC12O3. The molecule has 8 heteroatoms. The number of rotatable bonds is 14. The van der Waals surface area contributed by atoms with E-state index in [4.69, 9.17) is 4.74 Å². The smallest absolute Gasteiger partial charge is 0.248 e. The Morgan fingerprint density at radius 3 is 2.53 bits per heavy atom. The maximum atomic E-state index is 14.1. The summed E-state index contributed by atoms with van der Waals surface area (Å²) in [6.07, 6.45) is 7.05. The molecule has 3 fully saturated rings. The summed E-state index contributed by atoms with van der Waals surface area (Å²) in [5.41, 5.74) is -0.288. The minimum absolute atomic E-state index is 0.0155. The first-order chi connectivity index (χ1) is 18.4. The third kappa shape index (κ3) is 4.92. The van der Waals surface area contributed by atoms with Crippen LogP contribution < -0.4 is 4.90 Å². The van der Waals surface area contributed by atoms with Crippen LogP contribution in [0.5, 0.6) is 0 Å². The number of ether oxygens (including phenoxy) is 1. The van der Waals surface area contributed by atoms with Crippen molar-refractivity contribution in [3.63, 3.8) is 0 Å². The van der Waals surface area contributed by atoms with Gasteiger partial charge in [0.2, 0.25) is 17.7 Å². The number of carbonyl (C=O) groups excluding carboxylic acids is 3. The zero-order valence-electron chi connectivity index (χ0n) is 22.5. The van der Waals surface area contributed by atoms with Crippen LogP contribution in [0.3, 0.4) is 0 Å². The normalized spacial score (nSPS) is 27.3. The molecule has 1 spiro atoms. The Hall–Kier alpha value is -2.97. The van der Waals surface area contributed by atoms with Crippen LogP contribution in [0.4, 0.5) is 5.69 Å². The lowest BCUT2D eigenvalue weighted by molar-refractivity contribution is -0.147. The highest BCUT2D eigenvalue weighted by Gasteiger charge is 2.74. The van der Waals surface area contributed by atoms with Crippen molar-refractivity contribution >= 4 is 23.4 Å². The molecule has 5 atom stereocenters. The maximum Gasteiger partial charge on any atom is 0.248 e. The number of hydrogen-bond acceptors (Lipinski definition) is 5. The predicted molar refractivity (Wildman–Crippen MR) is 146 cm³/mol. The van der Waals surface area contributed by atoms with E-state index in [-0.39, 0.29) is 24.3 Å². The van der Waals surface area contributed by atoms with Gasteiger partial charge in [0.05, 0.1) is 17.9 Å². The molecule has 0 aliphatic carbocycles. The molecule has 3 aliphatic heterocycles. The molecular formula is C30H41N3O5. The Balaban J connectivity index is 1.71. The van der Waals surface area contributed by atoms with Gasteiger partial charge in [0.1, 0.15) is 11.6 Å². The second kappa shape index (κ2) is 12.3. The molecule has 3 amide bonds. The number of aliphatic hydroxyl groups is 1. The topological polar surface area (TPSA) is 90.4 Å². The second-order valence-corrected chi connectivity index (χ2v) is 10.5. The molecule has 0 radical (unpaired) electrons. The summed E-state index contributed by atoms with van der Waals surface area (Å²) in [7, 11) is 0. The summed E-state index contributed by atoms with van der Waals surface area (Å²) in [6.45, 7) is 11.4. The summed E-state index contributed by atoms with van der Waals surface area (Å²) in [4.78, 5) is 47.4. The van der Waals surface area contributed by atoms with Gasteiger partial charge in [-0.1, -0.05) is 43.7 Å². The Kier molecular flexibility index (Phi) is 9.05. The van der Waals surface area contributed by atoms with Crippen LogP contribution in [0.2, 0.25) is 0 Å². The fraction of sp³-hybridized carbons (Fsp3) is 0.567. The molecule has 2 bridgehead atoms. The summed E-state index contributed by atoms with van der Waals surface area (Å²) in [6, 6.07) is 8.60. The van der Waals surface area contributed by atoms with Gasteiger partial charge >= 0.3 is 0 Å². The number of amides is 3. The summed E-state index contributed by atoms with van der Waals surface area (Å²) >= 11 is 0. The molecule has 4 rings (SSSR count). The van der Waals surface area contributed by atoms with Crippen molar-refractivity contribution in [2.45, 2.75) is 63.2 Å². The van der Waals surface area contributed by atoms with Gasteiger partial charge in [0, 0.05) is 38.5 Å². The van der Waals surface area contributed by atoms with Gasteiger partial charge < -0.3 is 24.5 Å². The lowest BCUT2D eigenvalue weighted by Gasteiger charge is -2.37. The van der Waals surface area contributed by atoms with Gasteiger partial charge in [-0.2, -0.15) is 0 Å². The van der Waals surface area contributed by atoms with Crippen molar-refractivity contribution in [1.82, 2.24) is 9.80 Å². The highest BCUT2D eigenvalue weighted by Crippen LogP contribution is 2.59. The zero-order chi connectivity index (χ0) is 27.3. The van der Waals surface area contributed by atoms with Crippen molar-refractivity contribution in [1.29, 1.82) is 0 Å². The fourth-order valence-corrected chi connectivity index (χ4v) is 6.56. The zero-order valence-corrected chi connectivity index (χ0v) is 22.5. The quantitative estimate of drug-likeness (QED) is 0.299. The van der Waals surface area contributed by atoms with Gasteiger partial charge in [-0.05, 0) is 44.2 Å². The fourth-order valence-electron chi connectivity index (χ4n) is 6.56. The number of para-hydroxylation sites is 1. The van der Waals surface area contributed by atoms with Gasteiger partial charge in [-0.15, -0.1) is 13.2 Å². The molecule has 3 saturated heterocycles. The molecule has 38 heavy (non-hydrogen) atoms. The first kappa shape index (κ1) is 28.0. The summed E-state index contributed by atoms with van der Waals surface area (Å²) in [5, 5.41) is 9.36. The molecule has 8 nitrogen and oxygen atoms in total. The van der Waals surface area contributed by atoms with Crippen LogP contribution in [-0.4, -0.2) is 83.2 Å². The highest BCUT2D eigenvalue weighted by molar-refractivity contribution is 6.03. The van der Waals surface area contributed by atoms with Crippen LogP contribution in [-0.2, 0) is 19.1 Å². The number of hydrogen-bond donors (Lipinski definition) is 1. The van der Waals surface area contributed by atoms with E-state index in [0.717, 1.165) is 18.5 Å². The number of fused-ring (bicyclic) bond motifs is 1. The molecule has 1 aromatic rings. The van der Waals surface area contributed by atoms with E-state index in [1.165, 1.54) is 0 Å². The first-order valence-electron chi connectivity index (χ1n) is 13.9. The first-order valence-corrected chi connectivity index (χ1v) is 13.9. The molecule has 206 valence electrons. The Labute approximate surface area is 225 Å². The number of anilines is 1. The molecule has 2 unspecified atom stereocenters. The number of likely N-dealkylation sites (tertiary alicyclic amines) is 1. The van der Waals surface area contributed by atoms with Crippen LogP contribution in [0, 0.1) is 11.8 Å². The van der Waals surface area contributed by atoms with E-state index in [1.807, 2.05) is 30.3 Å². The van der Waals surface area contributed by atoms with E-state index in [0.29, 0.717) is 51.9 Å². The standard InChI is InChI=1S/C30H41N3O5/c1-4-7-19-31(17-5-2)29(37)26-30-16-15-23(38-30)24(25(30)28(36)33(26)20-11-12-21-34)27(35)32(18-6-3)22-13-9-8-10-14-22/h5-6,8-10,13-14,23-26,34H,2-4,7,11-12,15-21H2,1H3/t23-,24+,25+,26?,30?/m1/s1. The monoisotopic (exact) mass is 523 g/mol. The summed E-state index contributed by atoms with van der Waals surface area (Å²) in [5.74, 6) is -1.89. The number of carbonyl (C=O) groups is 3. The number of benzene rings is 1. The van der Waals surface area contributed by atoms with E-state index in [2.05, 4.69) is 20.1 Å². The van der Waals surface area contributed by atoms with Crippen molar-refractivity contribution in [3.8, 4) is 0 Å². The number of aliphatic hydroxyl groups excluding tert-OH is 1. The van der Waals surface area contributed by atoms with Gasteiger partial charge in [-0.25, -0.2) is 0 Å². The van der Waals surface area contributed by atoms with Gasteiger partial charge in [0.25, 0.3) is 0 Å². The number of unbranched alkanes of at least 4 members (excludes halogenated alkanes) is 2. The molecule has 1 N–H and O–H groups in total. The van der Waals surface area contributed by atoms with Gasteiger partial charge in [-0.3, -0.25) is 14.4 Å². The van der Waals surface area contributed by atoms with Crippen molar-refractivity contribution in [2.75, 3.05) is 37.7 Å². The van der Waals surface area contributed by atoms with Crippen LogP contribution in [0.1, 0.15) is 45.4 Å². The van der Waals surface area contributed by atoms with E-state index >= 15 is 0 Å². The Morgan fingerprint density at radius 1 is 1.13 bits per heavy atom. The van der Waals surface area contributed by atoms with Crippen molar-refractivity contribution in [3.05, 3.63) is 55.6 Å². The van der Waals surface area contributed by atoms with Crippen molar-refractivity contribution < 1.29 is 24.2 Å². The minimum atomic E-state index is -1.03. The molecule has 0 saturated carbocycles. The van der Waals surface area contributed by atoms with E-state index < -0.39 is 29.6 Å². The lowest BCUT2D eigenvalue weighted by Crippen LogP contribution is -2.56. The molecule has 3 aliphatic rings. The predicted octanol–water partition coefficient (Wildman–Crippen LogP) is 3.17. The number of nitrogens with zero attached hydrogens (tertiary/aromatic N) is 3. The summed E-state index contributed by atoms with van der Waals surface area (Å²) < 4.78 is 6.60. The Bertz CT molecular complexity index is 1030. The average Bonchev–Trinajstić information content (AvgIpc) is 3.57. The van der Waals surface area contributed by atoms with Crippen LogP contribution >= 0.6 is 0 Å². The lowest BCUT2D eigenvalue weighted by atomic mass is 9.70. The molecule has 0 aromatic heterocycles. The minimum Gasteiger partial charge on any atom is -0.396 e. The van der Waals surface area contributed by atoms with E-state index in [1.54, 1.807) is 26.9 Å². The largest absolute Gasteiger partial charge is 0.396 e. The van der Waals surface area contributed by atoms with Gasteiger partial charge in [0.15, 0.2) is 0 Å². The van der Waals surface area contributed by atoms with E-state index in [9.17, 15) is 19.5 Å². The highest BCUT2D eigenvalue weighted by atomic mass is 16.5. The molecule has 3 heterocycles. The maximum absolute atomic E-state index is 14.1. The average molecular weight is 524 g/mol. The van der Waals surface area contributed by atoms with Crippen LogP contribution in [0.15, 0.2) is 55.6 Å². The van der Waals surface area contributed by atoms with Crippen LogP contribution in [0.25, 0.3) is 0 Å². The second-order valence-electron chi connectivity index (χ2n) is 10.5. The third-order valence-electron chi connectivity index (χ3n) is 8.21. The molecule has 1 aromatic carbocycles. The Morgan fingerprint density at radius 2 is 1.87 bits per heavy atom. The molecular weight excluding hydrogens is 482 g/mol. The third-order valence-corrected chi connectivity index (χ3v) is 8.21. The van der Waals surface area contributed by atoms with Crippen molar-refractivity contribution in [2.24, 2.45) is 11.8 Å².